The van der Waals surface area contributed by atoms with Crippen molar-refractivity contribution in [2.45, 2.75) is 401 Å². The number of allylic oxidation sites excluding steroid dienone is 4. The van der Waals surface area contributed by atoms with Crippen LogP contribution in [-0.2, 0) is 65.4 Å². The van der Waals surface area contributed by atoms with Crippen molar-refractivity contribution in [2.75, 3.05) is 39.6 Å². The van der Waals surface area contributed by atoms with Crippen LogP contribution >= 0.6 is 15.6 Å². The van der Waals surface area contributed by atoms with Crippen LogP contribution in [0.5, 0.6) is 0 Å². The molecule has 3 unspecified atom stereocenters. The van der Waals surface area contributed by atoms with E-state index in [1.165, 1.54) is 167 Å². The predicted octanol–water partition coefficient (Wildman–Crippen LogP) is 22.9. The van der Waals surface area contributed by atoms with E-state index in [4.69, 9.17) is 37.0 Å². The van der Waals surface area contributed by atoms with E-state index in [9.17, 15) is 43.2 Å². The van der Waals surface area contributed by atoms with Crippen LogP contribution in [0, 0.1) is 17.8 Å². The normalized spacial score (nSPS) is 14.4. The fourth-order valence-corrected chi connectivity index (χ4v) is 13.1. The van der Waals surface area contributed by atoms with E-state index in [1.807, 2.05) is 0 Å². The minimum atomic E-state index is -4.97. The summed E-state index contributed by atoms with van der Waals surface area (Å²) in [7, 11) is -9.93. The SMILES string of the molecule is CCCCCC/C=C\C=C/CCCCCCCC(=O)OC[C@H](COP(=O)(O)OC[C@@H](O)COP(=O)(O)OC[C@@H](COC(=O)CCCCCCCCC(C)CC)OC(=O)CCCCCCCCCCCCCCCCCC(C)C)OC(=O)CCCCCCCCCCCCCCC(C)C. The monoisotopic (exact) mass is 1430 g/mol. The summed E-state index contributed by atoms with van der Waals surface area (Å²) < 4.78 is 68.6. The van der Waals surface area contributed by atoms with E-state index in [2.05, 4.69) is 72.8 Å². The van der Waals surface area contributed by atoms with Gasteiger partial charge in [-0.25, -0.2) is 9.13 Å². The molecule has 0 saturated carbocycles. The van der Waals surface area contributed by atoms with Gasteiger partial charge in [0, 0.05) is 25.7 Å². The lowest BCUT2D eigenvalue weighted by molar-refractivity contribution is -0.161. The van der Waals surface area contributed by atoms with Crippen molar-refractivity contribution < 1.29 is 80.2 Å². The Balaban J connectivity index is 5.28. The molecular weight excluding hydrogens is 1280 g/mol. The highest BCUT2D eigenvalue weighted by Crippen LogP contribution is 2.45. The lowest BCUT2D eigenvalue weighted by Crippen LogP contribution is -2.30. The Kier molecular flexibility index (Phi) is 67.2. The second kappa shape index (κ2) is 68.9. The van der Waals surface area contributed by atoms with Gasteiger partial charge in [0.15, 0.2) is 12.2 Å². The standard InChI is InChI=1S/C79H150O17P2/c1-8-10-11-12-13-14-15-16-18-22-28-33-38-46-53-60-76(81)89-66-74(95-78(83)63-56-49-40-35-30-25-24-27-32-37-44-51-58-71(5)6)68-93-97(85,86)91-64-73(80)65-92-98(87,88)94-69-75(67-90-77(82)61-54-47-42-41-45-52-59-72(7)9-2)96-79(84)62-55-48-39-34-29-23-20-17-19-21-26-31-36-43-50-57-70(3)4/h14-16,18,70-75,80H,8-13,17,19-69H2,1-7H3,(H,85,86)(H,87,88)/b15-14-,18-16-/t72?,73-,74-,75-/m1/s1. The highest BCUT2D eigenvalue weighted by atomic mass is 31.2. The van der Waals surface area contributed by atoms with Crippen molar-refractivity contribution in [3.05, 3.63) is 24.3 Å². The molecule has 0 aromatic heterocycles. The number of ether oxygens (including phenoxy) is 4. The van der Waals surface area contributed by atoms with Gasteiger partial charge in [-0.15, -0.1) is 0 Å². The predicted molar refractivity (Wildman–Crippen MR) is 400 cm³/mol. The number of phosphoric acid groups is 2. The molecule has 0 aliphatic carbocycles. The molecule has 0 bridgehead atoms. The van der Waals surface area contributed by atoms with Crippen LogP contribution in [0.2, 0.25) is 0 Å². The number of hydrogen-bond donors (Lipinski definition) is 3. The molecule has 0 spiro atoms. The van der Waals surface area contributed by atoms with Crippen LogP contribution in [-0.4, -0.2) is 96.7 Å². The molecule has 0 saturated heterocycles. The second-order valence-electron chi connectivity index (χ2n) is 29.0. The van der Waals surface area contributed by atoms with Crippen LogP contribution in [0.25, 0.3) is 0 Å². The van der Waals surface area contributed by atoms with Crippen molar-refractivity contribution in [1.82, 2.24) is 0 Å². The molecular formula is C79H150O17P2. The fourth-order valence-electron chi connectivity index (χ4n) is 11.6. The van der Waals surface area contributed by atoms with Crippen molar-refractivity contribution in [3.63, 3.8) is 0 Å². The molecule has 3 N–H and O–H groups in total. The topological polar surface area (TPSA) is 237 Å². The van der Waals surface area contributed by atoms with E-state index < -0.39 is 97.5 Å². The van der Waals surface area contributed by atoms with Crippen LogP contribution < -0.4 is 0 Å². The molecule has 0 heterocycles. The minimum Gasteiger partial charge on any atom is -0.462 e. The van der Waals surface area contributed by atoms with Gasteiger partial charge in [-0.3, -0.25) is 37.3 Å². The lowest BCUT2D eigenvalue weighted by atomic mass is 10.00. The molecule has 6 atom stereocenters. The molecule has 19 heteroatoms. The molecule has 0 aliphatic rings. The van der Waals surface area contributed by atoms with Crippen molar-refractivity contribution in [3.8, 4) is 0 Å². The van der Waals surface area contributed by atoms with Gasteiger partial charge in [0.1, 0.15) is 19.3 Å². The van der Waals surface area contributed by atoms with Crippen molar-refractivity contribution in [2.24, 2.45) is 17.8 Å². The molecule has 0 rings (SSSR count). The number of hydrogen-bond acceptors (Lipinski definition) is 15. The number of aliphatic hydroxyl groups excluding tert-OH is 1. The first-order chi connectivity index (χ1) is 47.3. The Morgan fingerprint density at radius 3 is 0.908 bits per heavy atom. The quantitative estimate of drug-likeness (QED) is 0.0169. The van der Waals surface area contributed by atoms with Crippen LogP contribution in [0.1, 0.15) is 382 Å². The van der Waals surface area contributed by atoms with Crippen LogP contribution in [0.3, 0.4) is 0 Å². The molecule has 98 heavy (non-hydrogen) atoms. The zero-order valence-corrected chi connectivity index (χ0v) is 65.5. The largest absolute Gasteiger partial charge is 0.472 e. The minimum absolute atomic E-state index is 0.0997. The maximum absolute atomic E-state index is 13.1. The Morgan fingerprint density at radius 1 is 0.337 bits per heavy atom. The molecule has 0 aromatic carbocycles. The first kappa shape index (κ1) is 95.5. The molecule has 17 nitrogen and oxygen atoms in total. The Labute approximate surface area is 599 Å². The first-order valence-electron chi connectivity index (χ1n) is 40.2. The van der Waals surface area contributed by atoms with E-state index in [1.54, 1.807) is 0 Å². The average Bonchev–Trinajstić information content (AvgIpc) is 0.982. The van der Waals surface area contributed by atoms with Crippen molar-refractivity contribution >= 4 is 39.5 Å². The maximum atomic E-state index is 13.1. The number of unbranched alkanes of at least 4 members (excludes halogenated alkanes) is 39. The summed E-state index contributed by atoms with van der Waals surface area (Å²) in [5, 5.41) is 10.6. The van der Waals surface area contributed by atoms with Gasteiger partial charge >= 0.3 is 39.5 Å². The fraction of sp³-hybridized carbons (Fsp3) is 0.899. The second-order valence-corrected chi connectivity index (χ2v) is 31.9. The van der Waals surface area contributed by atoms with E-state index >= 15 is 0 Å². The number of esters is 4. The summed E-state index contributed by atoms with van der Waals surface area (Å²) in [5.41, 5.74) is 0. The summed E-state index contributed by atoms with van der Waals surface area (Å²) in [4.78, 5) is 72.9. The van der Waals surface area contributed by atoms with Gasteiger partial charge in [0.25, 0.3) is 0 Å². The Bertz CT molecular complexity index is 2000. The molecule has 578 valence electrons. The molecule has 0 aromatic rings. The molecule has 0 radical (unpaired) electrons. The number of aliphatic hydroxyl groups is 1. The van der Waals surface area contributed by atoms with Gasteiger partial charge in [-0.2, -0.15) is 0 Å². The summed E-state index contributed by atoms with van der Waals surface area (Å²) in [6.07, 6.45) is 59.1. The molecule has 0 fully saturated rings. The maximum Gasteiger partial charge on any atom is 0.472 e. The lowest BCUT2D eigenvalue weighted by Gasteiger charge is -2.21. The Hall–Kier alpha value is -2.46. The van der Waals surface area contributed by atoms with E-state index in [-0.39, 0.29) is 25.7 Å². The molecule has 0 aliphatic heterocycles. The van der Waals surface area contributed by atoms with Crippen molar-refractivity contribution in [1.29, 1.82) is 0 Å². The van der Waals surface area contributed by atoms with E-state index in [0.717, 1.165) is 133 Å². The van der Waals surface area contributed by atoms with Gasteiger partial charge in [0.2, 0.25) is 0 Å². The number of rotatable bonds is 75. The van der Waals surface area contributed by atoms with Gasteiger partial charge in [0.05, 0.1) is 26.4 Å². The smallest absolute Gasteiger partial charge is 0.462 e. The van der Waals surface area contributed by atoms with Gasteiger partial charge < -0.3 is 33.8 Å². The summed E-state index contributed by atoms with van der Waals surface area (Å²) in [6, 6.07) is 0. The van der Waals surface area contributed by atoms with E-state index in [0.29, 0.717) is 25.7 Å². The molecule has 0 amide bonds. The summed E-state index contributed by atoms with van der Waals surface area (Å²) in [5.74, 6) is 0.160. The third kappa shape index (κ3) is 70.6. The Morgan fingerprint density at radius 2 is 0.602 bits per heavy atom. The van der Waals surface area contributed by atoms with Crippen LogP contribution in [0.15, 0.2) is 24.3 Å². The van der Waals surface area contributed by atoms with Gasteiger partial charge in [-0.1, -0.05) is 330 Å². The summed E-state index contributed by atoms with van der Waals surface area (Å²) >= 11 is 0. The summed E-state index contributed by atoms with van der Waals surface area (Å²) in [6.45, 7) is 11.8. The zero-order chi connectivity index (χ0) is 72.3. The third-order valence-corrected chi connectivity index (χ3v) is 20.0. The highest BCUT2D eigenvalue weighted by molar-refractivity contribution is 7.47. The number of carbonyl (C=O) groups excluding carboxylic acids is 4. The average molecular weight is 1430 g/mol. The van der Waals surface area contributed by atoms with Gasteiger partial charge in [-0.05, 0) is 69.1 Å². The third-order valence-electron chi connectivity index (χ3n) is 18.1. The van der Waals surface area contributed by atoms with Crippen LogP contribution in [0.4, 0.5) is 0 Å². The zero-order valence-electron chi connectivity index (χ0n) is 63.7. The number of phosphoric ester groups is 2. The number of carbonyl (C=O) groups is 4. The first-order valence-corrected chi connectivity index (χ1v) is 43.2. The highest BCUT2D eigenvalue weighted by Gasteiger charge is 2.30.